The highest BCUT2D eigenvalue weighted by Crippen LogP contribution is 2.33. The van der Waals surface area contributed by atoms with Crippen molar-refractivity contribution < 1.29 is 14.3 Å². The molecule has 6 nitrogen and oxygen atoms in total. The summed E-state index contributed by atoms with van der Waals surface area (Å²) in [6, 6.07) is 3.76. The summed E-state index contributed by atoms with van der Waals surface area (Å²) in [6.07, 6.45) is 2.87. The van der Waals surface area contributed by atoms with Crippen LogP contribution in [-0.2, 0) is 9.53 Å². The molecule has 2 aliphatic rings. The molecular weight excluding hydrogens is 282 g/mol. The molecule has 6 heteroatoms. The van der Waals surface area contributed by atoms with Crippen molar-refractivity contribution in [3.63, 3.8) is 0 Å². The molecular formula is C16H21N3O3. The van der Waals surface area contributed by atoms with Gasteiger partial charge in [-0.3, -0.25) is 14.6 Å². The number of ether oxygens (including phenoxy) is 1. The van der Waals surface area contributed by atoms with E-state index in [1.165, 1.54) is 0 Å². The molecule has 118 valence electrons. The molecule has 2 fully saturated rings. The van der Waals surface area contributed by atoms with E-state index in [1.54, 1.807) is 19.4 Å². The number of likely N-dealkylation sites (tertiary alicyclic amines) is 2. The molecule has 0 N–H and O–H groups in total. The topological polar surface area (TPSA) is 62.7 Å². The van der Waals surface area contributed by atoms with E-state index >= 15 is 0 Å². The Morgan fingerprint density at radius 1 is 1.41 bits per heavy atom. The van der Waals surface area contributed by atoms with E-state index in [2.05, 4.69) is 4.98 Å². The van der Waals surface area contributed by atoms with Crippen molar-refractivity contribution in [1.82, 2.24) is 14.8 Å². The smallest absolute Gasteiger partial charge is 0.255 e. The third kappa shape index (κ3) is 2.59. The number of amides is 2. The van der Waals surface area contributed by atoms with Gasteiger partial charge in [0.15, 0.2) is 0 Å². The number of nitrogens with zero attached hydrogens (tertiary/aromatic N) is 3. The Balaban J connectivity index is 1.74. The molecule has 0 radical (unpaired) electrons. The van der Waals surface area contributed by atoms with E-state index in [1.807, 2.05) is 22.8 Å². The third-order valence-corrected chi connectivity index (χ3v) is 4.57. The fourth-order valence-electron chi connectivity index (χ4n) is 3.42. The fraction of sp³-hybridized carbons (Fsp3) is 0.562. The Labute approximate surface area is 130 Å². The molecule has 0 aromatic carbocycles. The van der Waals surface area contributed by atoms with Crippen LogP contribution in [0.4, 0.5) is 0 Å². The lowest BCUT2D eigenvalue weighted by Gasteiger charge is -2.25. The van der Waals surface area contributed by atoms with Crippen LogP contribution in [0, 0.1) is 6.92 Å². The van der Waals surface area contributed by atoms with Crippen LogP contribution in [0.5, 0.6) is 0 Å². The molecule has 1 aromatic heterocycles. The first kappa shape index (κ1) is 15.0. The summed E-state index contributed by atoms with van der Waals surface area (Å²) in [5.74, 6) is 0.0907. The average Bonchev–Trinajstić information content (AvgIpc) is 3.04. The minimum Gasteiger partial charge on any atom is -0.383 e. The zero-order chi connectivity index (χ0) is 15.7. The van der Waals surface area contributed by atoms with Gasteiger partial charge in [-0.2, -0.15) is 0 Å². The van der Waals surface area contributed by atoms with Crippen molar-refractivity contribution in [1.29, 1.82) is 0 Å². The lowest BCUT2D eigenvalue weighted by molar-refractivity contribution is -0.129. The highest BCUT2D eigenvalue weighted by molar-refractivity contribution is 5.95. The minimum absolute atomic E-state index is 0.0156. The Hall–Kier alpha value is -1.95. The van der Waals surface area contributed by atoms with E-state index in [0.717, 1.165) is 12.1 Å². The van der Waals surface area contributed by atoms with Crippen molar-refractivity contribution in [3.05, 3.63) is 29.6 Å². The van der Waals surface area contributed by atoms with Crippen molar-refractivity contribution in [2.24, 2.45) is 0 Å². The number of carbonyl (C=O) groups excluding carboxylic acids is 2. The van der Waals surface area contributed by atoms with Crippen molar-refractivity contribution in [3.8, 4) is 0 Å². The largest absolute Gasteiger partial charge is 0.383 e. The molecule has 0 spiro atoms. The molecule has 2 amide bonds. The summed E-state index contributed by atoms with van der Waals surface area (Å²) in [5.41, 5.74) is 1.48. The number of pyridine rings is 1. The maximum atomic E-state index is 12.7. The van der Waals surface area contributed by atoms with Crippen LogP contribution in [0.1, 0.15) is 28.9 Å². The maximum absolute atomic E-state index is 12.7. The highest BCUT2D eigenvalue weighted by atomic mass is 16.5. The second kappa shape index (κ2) is 6.04. The van der Waals surface area contributed by atoms with Gasteiger partial charge in [0.25, 0.3) is 5.91 Å². The summed E-state index contributed by atoms with van der Waals surface area (Å²) in [6.45, 7) is 3.72. The summed E-state index contributed by atoms with van der Waals surface area (Å²) in [4.78, 5) is 32.7. The van der Waals surface area contributed by atoms with Gasteiger partial charge in [-0.05, 0) is 25.5 Å². The molecule has 3 heterocycles. The van der Waals surface area contributed by atoms with Crippen LogP contribution in [0.25, 0.3) is 0 Å². The van der Waals surface area contributed by atoms with Crippen molar-refractivity contribution in [2.75, 3.05) is 26.8 Å². The highest BCUT2D eigenvalue weighted by Gasteiger charge is 2.48. The lowest BCUT2D eigenvalue weighted by Crippen LogP contribution is -2.40. The maximum Gasteiger partial charge on any atom is 0.255 e. The minimum atomic E-state index is -0.0265. The van der Waals surface area contributed by atoms with Crippen LogP contribution in [0.15, 0.2) is 18.3 Å². The Morgan fingerprint density at radius 3 is 2.91 bits per heavy atom. The van der Waals surface area contributed by atoms with Gasteiger partial charge >= 0.3 is 0 Å². The fourth-order valence-corrected chi connectivity index (χ4v) is 3.42. The number of hydrogen-bond donors (Lipinski definition) is 0. The van der Waals surface area contributed by atoms with E-state index in [0.29, 0.717) is 31.7 Å². The Bertz CT molecular complexity index is 573. The zero-order valence-electron chi connectivity index (χ0n) is 13.0. The summed E-state index contributed by atoms with van der Waals surface area (Å²) >= 11 is 0. The third-order valence-electron chi connectivity index (χ3n) is 4.57. The monoisotopic (exact) mass is 303 g/mol. The molecule has 22 heavy (non-hydrogen) atoms. The number of methoxy groups -OCH3 is 1. The normalized spacial score (nSPS) is 24.0. The van der Waals surface area contributed by atoms with Crippen molar-refractivity contribution >= 4 is 11.8 Å². The van der Waals surface area contributed by atoms with E-state index in [9.17, 15) is 9.59 Å². The quantitative estimate of drug-likeness (QED) is 0.827. The van der Waals surface area contributed by atoms with E-state index in [-0.39, 0.29) is 23.9 Å². The Kier molecular flexibility index (Phi) is 4.11. The van der Waals surface area contributed by atoms with Gasteiger partial charge < -0.3 is 14.5 Å². The predicted molar refractivity (Wildman–Crippen MR) is 80.4 cm³/mol. The molecule has 0 bridgehead atoms. The van der Waals surface area contributed by atoms with Gasteiger partial charge in [-0.25, -0.2) is 0 Å². The van der Waals surface area contributed by atoms with Crippen LogP contribution in [-0.4, -0.2) is 65.5 Å². The first-order valence-electron chi connectivity index (χ1n) is 7.64. The average molecular weight is 303 g/mol. The first-order valence-corrected chi connectivity index (χ1v) is 7.64. The summed E-state index contributed by atoms with van der Waals surface area (Å²) < 4.78 is 5.07. The van der Waals surface area contributed by atoms with Crippen LogP contribution < -0.4 is 0 Å². The van der Waals surface area contributed by atoms with Gasteiger partial charge in [0.1, 0.15) is 0 Å². The van der Waals surface area contributed by atoms with Crippen molar-refractivity contribution in [2.45, 2.75) is 31.8 Å². The van der Waals surface area contributed by atoms with Gasteiger partial charge in [0.05, 0.1) is 24.3 Å². The van der Waals surface area contributed by atoms with E-state index in [4.69, 9.17) is 4.74 Å². The van der Waals surface area contributed by atoms with Crippen LogP contribution in [0.2, 0.25) is 0 Å². The van der Waals surface area contributed by atoms with E-state index < -0.39 is 0 Å². The molecule has 0 unspecified atom stereocenters. The first-order chi connectivity index (χ1) is 10.6. The predicted octanol–water partition coefficient (Wildman–Crippen LogP) is 0.852. The molecule has 0 saturated carbocycles. The lowest BCUT2D eigenvalue weighted by atomic mass is 10.1. The van der Waals surface area contributed by atoms with Gasteiger partial charge in [0, 0.05) is 38.5 Å². The van der Waals surface area contributed by atoms with Gasteiger partial charge in [-0.15, -0.1) is 0 Å². The second-order valence-electron chi connectivity index (χ2n) is 5.89. The number of fused-ring (bicyclic) bond motifs is 1. The summed E-state index contributed by atoms with van der Waals surface area (Å²) in [7, 11) is 1.63. The molecule has 2 atom stereocenters. The molecule has 2 saturated heterocycles. The number of carbonyl (C=O) groups is 2. The standard InChI is InChI=1S/C16H21N3O3/c1-11-3-4-12(10-17-11)16(21)19-6-5-13-14(19)9-15(20)18(13)7-8-22-2/h3-4,10,13-14H,5-9H2,1-2H3/t13-,14-/m1/s1. The Morgan fingerprint density at radius 2 is 2.23 bits per heavy atom. The summed E-state index contributed by atoms with van der Waals surface area (Å²) in [5, 5.41) is 0. The molecule has 1 aromatic rings. The molecule has 0 aliphatic carbocycles. The number of rotatable bonds is 4. The second-order valence-corrected chi connectivity index (χ2v) is 5.89. The SMILES string of the molecule is COCCN1C(=O)C[C@@H]2[C@H]1CCN2C(=O)c1ccc(C)nc1. The zero-order valence-corrected chi connectivity index (χ0v) is 13.0. The molecule has 2 aliphatic heterocycles. The number of aryl methyl sites for hydroxylation is 1. The van der Waals surface area contributed by atoms with Gasteiger partial charge in [0.2, 0.25) is 5.91 Å². The number of hydrogen-bond acceptors (Lipinski definition) is 4. The van der Waals surface area contributed by atoms with Gasteiger partial charge in [-0.1, -0.05) is 0 Å². The van der Waals surface area contributed by atoms with Crippen LogP contribution >= 0.6 is 0 Å². The number of aromatic nitrogens is 1. The molecule has 3 rings (SSSR count). The van der Waals surface area contributed by atoms with Crippen LogP contribution in [0.3, 0.4) is 0 Å².